The molecule has 0 aliphatic carbocycles. The fourth-order valence-corrected chi connectivity index (χ4v) is 4.60. The molecule has 0 spiro atoms. The maximum Gasteiger partial charge on any atom is 0.248 e. The Labute approximate surface area is 159 Å². The molecule has 140 valence electrons. The lowest BCUT2D eigenvalue weighted by Gasteiger charge is -2.42. The Kier molecular flexibility index (Phi) is 5.96. The third kappa shape index (κ3) is 4.26. The Bertz CT molecular complexity index is 732. The molecule has 3 unspecified atom stereocenters. The molecule has 3 atom stereocenters. The summed E-state index contributed by atoms with van der Waals surface area (Å²) in [7, 11) is 4.14. The zero-order valence-electron chi connectivity index (χ0n) is 15.3. The molecule has 26 heavy (non-hydrogen) atoms. The molecule has 2 aromatic rings. The van der Waals surface area contributed by atoms with Crippen LogP contribution in [0.1, 0.15) is 28.4 Å². The minimum absolute atomic E-state index is 0.225. The number of aliphatic hydroxyl groups excluding tert-OH is 1. The SMILES string of the molecule is CN(C)CC1CN(c2cccc(C(N)=O)c2)CCC1C(O)c1ccsc1. The average molecular weight is 374 g/mol. The molecule has 0 saturated carbocycles. The third-order valence-electron chi connectivity index (χ3n) is 5.18. The highest BCUT2D eigenvalue weighted by Crippen LogP contribution is 2.37. The molecule has 5 nitrogen and oxygen atoms in total. The third-order valence-corrected chi connectivity index (χ3v) is 5.88. The van der Waals surface area contributed by atoms with Crippen LogP contribution in [0.15, 0.2) is 41.1 Å². The summed E-state index contributed by atoms with van der Waals surface area (Å²) in [6, 6.07) is 9.53. The molecule has 0 radical (unpaired) electrons. The lowest BCUT2D eigenvalue weighted by Crippen LogP contribution is -2.46. The normalized spacial score (nSPS) is 21.8. The van der Waals surface area contributed by atoms with Crippen LogP contribution >= 0.6 is 11.3 Å². The Morgan fingerprint density at radius 2 is 2.23 bits per heavy atom. The van der Waals surface area contributed by atoms with E-state index in [1.807, 2.05) is 35.0 Å². The van der Waals surface area contributed by atoms with E-state index in [2.05, 4.69) is 23.9 Å². The number of piperidine rings is 1. The molecule has 6 heteroatoms. The summed E-state index contributed by atoms with van der Waals surface area (Å²) < 4.78 is 0. The van der Waals surface area contributed by atoms with Gasteiger partial charge >= 0.3 is 0 Å². The highest BCUT2D eigenvalue weighted by molar-refractivity contribution is 7.07. The van der Waals surface area contributed by atoms with Gasteiger partial charge in [-0.15, -0.1) is 0 Å². The van der Waals surface area contributed by atoms with E-state index >= 15 is 0 Å². The average Bonchev–Trinajstić information content (AvgIpc) is 3.15. The van der Waals surface area contributed by atoms with Gasteiger partial charge in [0.2, 0.25) is 5.91 Å². The Morgan fingerprint density at radius 1 is 1.42 bits per heavy atom. The van der Waals surface area contributed by atoms with E-state index in [0.29, 0.717) is 11.5 Å². The highest BCUT2D eigenvalue weighted by Gasteiger charge is 2.35. The molecule has 1 aromatic heterocycles. The zero-order chi connectivity index (χ0) is 18.7. The topological polar surface area (TPSA) is 69.8 Å². The number of amides is 1. The predicted molar refractivity (Wildman–Crippen MR) is 107 cm³/mol. The minimum Gasteiger partial charge on any atom is -0.388 e. The molecular weight excluding hydrogens is 346 g/mol. The zero-order valence-corrected chi connectivity index (χ0v) is 16.2. The van der Waals surface area contributed by atoms with E-state index in [1.54, 1.807) is 17.4 Å². The van der Waals surface area contributed by atoms with Gasteiger partial charge in [0.25, 0.3) is 0 Å². The molecule has 1 aliphatic rings. The van der Waals surface area contributed by atoms with Crippen molar-refractivity contribution in [1.82, 2.24) is 4.90 Å². The van der Waals surface area contributed by atoms with Crippen LogP contribution in [0.4, 0.5) is 5.69 Å². The monoisotopic (exact) mass is 373 g/mol. The van der Waals surface area contributed by atoms with Crippen molar-refractivity contribution in [3.8, 4) is 0 Å². The van der Waals surface area contributed by atoms with Gasteiger partial charge in [-0.2, -0.15) is 11.3 Å². The summed E-state index contributed by atoms with van der Waals surface area (Å²) in [5, 5.41) is 15.0. The molecular formula is C20H27N3O2S. The number of rotatable bonds is 6. The summed E-state index contributed by atoms with van der Waals surface area (Å²) >= 11 is 1.62. The number of nitrogens with two attached hydrogens (primary N) is 1. The van der Waals surface area contributed by atoms with Crippen molar-refractivity contribution in [3.05, 3.63) is 52.2 Å². The first kappa shape index (κ1) is 18.9. The summed E-state index contributed by atoms with van der Waals surface area (Å²) in [5.41, 5.74) is 8.00. The molecule has 1 fully saturated rings. The maximum atomic E-state index is 11.5. The van der Waals surface area contributed by atoms with Gasteiger partial charge in [-0.1, -0.05) is 6.07 Å². The highest BCUT2D eigenvalue weighted by atomic mass is 32.1. The summed E-state index contributed by atoms with van der Waals surface area (Å²) in [6.45, 7) is 2.63. The van der Waals surface area contributed by atoms with E-state index in [-0.39, 0.29) is 5.92 Å². The molecule has 1 aliphatic heterocycles. The molecule has 1 saturated heterocycles. The number of hydrogen-bond acceptors (Lipinski definition) is 5. The van der Waals surface area contributed by atoms with E-state index in [0.717, 1.165) is 37.3 Å². The van der Waals surface area contributed by atoms with Crippen LogP contribution in [-0.2, 0) is 0 Å². The van der Waals surface area contributed by atoms with Crippen molar-refractivity contribution in [2.75, 3.05) is 38.6 Å². The van der Waals surface area contributed by atoms with Crippen molar-refractivity contribution < 1.29 is 9.90 Å². The molecule has 1 aromatic carbocycles. The summed E-state index contributed by atoms with van der Waals surface area (Å²) in [4.78, 5) is 16.0. The number of nitrogens with zero attached hydrogens (tertiary/aromatic N) is 2. The Hall–Kier alpha value is -1.89. The standard InChI is InChI=1S/C20H27N3O2S/c1-22(2)11-16-12-23(17-5-3-4-14(10-17)20(21)25)8-6-18(16)19(24)15-7-9-26-13-15/h3-5,7,9-10,13,16,18-19,24H,6,8,11-12H2,1-2H3,(H2,21,25). The fraction of sp³-hybridized carbons (Fsp3) is 0.450. The van der Waals surface area contributed by atoms with Gasteiger partial charge in [0.15, 0.2) is 0 Å². The fourth-order valence-electron chi connectivity index (χ4n) is 3.91. The largest absolute Gasteiger partial charge is 0.388 e. The van der Waals surface area contributed by atoms with Gasteiger partial charge in [-0.3, -0.25) is 4.79 Å². The van der Waals surface area contributed by atoms with Crippen LogP contribution in [0.25, 0.3) is 0 Å². The summed E-state index contributed by atoms with van der Waals surface area (Å²) in [5.74, 6) is 0.160. The van der Waals surface area contributed by atoms with Crippen LogP contribution in [0.3, 0.4) is 0 Å². The molecule has 0 bridgehead atoms. The Morgan fingerprint density at radius 3 is 2.88 bits per heavy atom. The van der Waals surface area contributed by atoms with Crippen molar-refractivity contribution in [2.45, 2.75) is 12.5 Å². The van der Waals surface area contributed by atoms with Gasteiger partial charge in [0.1, 0.15) is 0 Å². The van der Waals surface area contributed by atoms with Crippen LogP contribution in [0.5, 0.6) is 0 Å². The van der Waals surface area contributed by atoms with Crippen molar-refractivity contribution in [2.24, 2.45) is 17.6 Å². The second-order valence-electron chi connectivity index (χ2n) is 7.34. The van der Waals surface area contributed by atoms with Crippen LogP contribution in [-0.4, -0.2) is 49.6 Å². The number of benzene rings is 1. The summed E-state index contributed by atoms with van der Waals surface area (Å²) in [6.07, 6.45) is 0.487. The van der Waals surface area contributed by atoms with Gasteiger partial charge in [0.05, 0.1) is 6.10 Å². The van der Waals surface area contributed by atoms with E-state index in [1.165, 1.54) is 0 Å². The van der Waals surface area contributed by atoms with Crippen molar-refractivity contribution >= 4 is 22.9 Å². The first-order valence-electron chi connectivity index (χ1n) is 8.95. The number of thiophene rings is 1. The van der Waals surface area contributed by atoms with Gasteiger partial charge in [-0.05, 0) is 72.9 Å². The first-order valence-corrected chi connectivity index (χ1v) is 9.89. The number of aliphatic hydroxyl groups is 1. The van der Waals surface area contributed by atoms with Gasteiger partial charge in [0, 0.05) is 30.9 Å². The second kappa shape index (κ2) is 8.20. The van der Waals surface area contributed by atoms with Gasteiger partial charge in [-0.25, -0.2) is 0 Å². The second-order valence-corrected chi connectivity index (χ2v) is 8.12. The number of carbonyl (C=O) groups is 1. The molecule has 3 rings (SSSR count). The van der Waals surface area contributed by atoms with Gasteiger partial charge < -0.3 is 20.6 Å². The first-order chi connectivity index (χ1) is 12.5. The van der Waals surface area contributed by atoms with Crippen molar-refractivity contribution in [1.29, 1.82) is 0 Å². The van der Waals surface area contributed by atoms with Crippen molar-refractivity contribution in [3.63, 3.8) is 0 Å². The van der Waals surface area contributed by atoms with E-state index in [9.17, 15) is 9.90 Å². The lowest BCUT2D eigenvalue weighted by atomic mass is 9.79. The van der Waals surface area contributed by atoms with Crippen LogP contribution < -0.4 is 10.6 Å². The smallest absolute Gasteiger partial charge is 0.248 e. The molecule has 2 heterocycles. The lowest BCUT2D eigenvalue weighted by molar-refractivity contribution is 0.0498. The quantitative estimate of drug-likeness (QED) is 0.817. The number of anilines is 1. The molecule has 1 amide bonds. The predicted octanol–water partition coefficient (Wildman–Crippen LogP) is 2.58. The Balaban J connectivity index is 1.79. The minimum atomic E-state index is -0.426. The number of carbonyl (C=O) groups excluding carboxylic acids is 1. The van der Waals surface area contributed by atoms with Crippen LogP contribution in [0, 0.1) is 11.8 Å². The molecule has 3 N–H and O–H groups in total. The van der Waals surface area contributed by atoms with E-state index < -0.39 is 12.0 Å². The number of primary amides is 1. The number of hydrogen-bond donors (Lipinski definition) is 2. The van der Waals surface area contributed by atoms with E-state index in [4.69, 9.17) is 5.73 Å². The maximum absolute atomic E-state index is 11.5. The van der Waals surface area contributed by atoms with Crippen LogP contribution in [0.2, 0.25) is 0 Å².